The Morgan fingerprint density at radius 1 is 1.03 bits per heavy atom. The van der Waals surface area contributed by atoms with Crippen LogP contribution in [0.3, 0.4) is 0 Å². The van der Waals surface area contributed by atoms with E-state index in [4.69, 9.17) is 14.2 Å². The van der Waals surface area contributed by atoms with Crippen molar-refractivity contribution < 1.29 is 23.8 Å². The van der Waals surface area contributed by atoms with Crippen molar-refractivity contribution in [2.24, 2.45) is 7.05 Å². The highest BCUT2D eigenvalue weighted by Gasteiger charge is 2.17. The number of rotatable bonds is 8. The number of nitrogens with one attached hydrogen (secondary N) is 2. The third-order valence-electron chi connectivity index (χ3n) is 4.72. The van der Waals surface area contributed by atoms with Gasteiger partial charge in [-0.25, -0.2) is 0 Å². The summed E-state index contributed by atoms with van der Waals surface area (Å²) in [6, 6.07) is 14.1. The molecule has 0 aliphatic carbocycles. The second kappa shape index (κ2) is 11.4. The van der Waals surface area contributed by atoms with Crippen LogP contribution in [0, 0.1) is 11.8 Å². The molecule has 0 atom stereocenters. The lowest BCUT2D eigenvalue weighted by atomic mass is 10.1. The Balaban J connectivity index is 1.57. The van der Waals surface area contributed by atoms with Gasteiger partial charge in [0.1, 0.15) is 29.5 Å². The predicted molar refractivity (Wildman–Crippen MR) is 128 cm³/mol. The number of amides is 2. The Labute approximate surface area is 198 Å². The van der Waals surface area contributed by atoms with Crippen LogP contribution in [0.15, 0.2) is 48.5 Å². The minimum absolute atomic E-state index is 0.144. The summed E-state index contributed by atoms with van der Waals surface area (Å²) in [5, 5.41) is 9.88. The quantitative estimate of drug-likeness (QED) is 0.499. The van der Waals surface area contributed by atoms with Gasteiger partial charge in [-0.15, -0.1) is 0 Å². The van der Waals surface area contributed by atoms with Gasteiger partial charge in [-0.2, -0.15) is 5.10 Å². The fraction of sp³-hybridized carbons (Fsp3) is 0.240. The number of anilines is 1. The maximum absolute atomic E-state index is 12.6. The molecule has 0 saturated carbocycles. The van der Waals surface area contributed by atoms with E-state index in [2.05, 4.69) is 27.6 Å². The molecule has 0 spiro atoms. The molecule has 0 unspecified atom stereocenters. The van der Waals surface area contributed by atoms with Crippen molar-refractivity contribution >= 4 is 17.5 Å². The van der Waals surface area contributed by atoms with Crippen molar-refractivity contribution in [1.29, 1.82) is 0 Å². The van der Waals surface area contributed by atoms with Gasteiger partial charge in [0.2, 0.25) is 5.91 Å². The highest BCUT2D eigenvalue weighted by molar-refractivity contribution is 5.94. The van der Waals surface area contributed by atoms with Gasteiger partial charge >= 0.3 is 0 Å². The first-order valence-electron chi connectivity index (χ1n) is 10.4. The van der Waals surface area contributed by atoms with Crippen molar-refractivity contribution in [1.82, 2.24) is 15.1 Å². The first kappa shape index (κ1) is 24.2. The van der Waals surface area contributed by atoms with Gasteiger partial charge in [-0.3, -0.25) is 14.3 Å². The van der Waals surface area contributed by atoms with E-state index < -0.39 is 0 Å². The Bertz CT molecular complexity index is 1240. The molecular formula is C25H26N4O5. The van der Waals surface area contributed by atoms with Crippen molar-refractivity contribution in [2.75, 3.05) is 32.7 Å². The number of nitrogens with zero attached hydrogens (tertiary/aromatic N) is 2. The number of benzene rings is 2. The normalized spacial score (nSPS) is 10.0. The molecule has 0 aliphatic heterocycles. The molecule has 0 bridgehead atoms. The minimum atomic E-state index is -0.304. The van der Waals surface area contributed by atoms with Crippen LogP contribution in [-0.4, -0.2) is 49.0 Å². The van der Waals surface area contributed by atoms with Gasteiger partial charge in [0.15, 0.2) is 0 Å². The monoisotopic (exact) mass is 462 g/mol. The maximum atomic E-state index is 12.6. The van der Waals surface area contributed by atoms with Crippen LogP contribution in [0.4, 0.5) is 5.69 Å². The topological polar surface area (TPSA) is 104 Å². The largest absolute Gasteiger partial charge is 0.497 e. The second-order valence-corrected chi connectivity index (χ2v) is 7.14. The number of aryl methyl sites for hydroxylation is 1. The van der Waals surface area contributed by atoms with Crippen LogP contribution >= 0.6 is 0 Å². The van der Waals surface area contributed by atoms with Crippen molar-refractivity contribution in [3.8, 4) is 40.3 Å². The zero-order chi connectivity index (χ0) is 24.5. The number of carbonyl (C=O) groups is 2. The van der Waals surface area contributed by atoms with Crippen molar-refractivity contribution in [2.45, 2.75) is 6.92 Å². The molecule has 0 fully saturated rings. The number of hydrogen-bond donors (Lipinski definition) is 2. The summed E-state index contributed by atoms with van der Waals surface area (Å²) < 4.78 is 17.8. The molecule has 9 nitrogen and oxygen atoms in total. The molecule has 0 radical (unpaired) electrons. The highest BCUT2D eigenvalue weighted by Crippen LogP contribution is 2.32. The molecule has 0 aliphatic rings. The van der Waals surface area contributed by atoms with Gasteiger partial charge in [-0.1, -0.05) is 17.9 Å². The fourth-order valence-electron chi connectivity index (χ4n) is 3.14. The molecule has 2 N–H and O–H groups in total. The van der Waals surface area contributed by atoms with Gasteiger partial charge in [-0.05, 0) is 36.4 Å². The third kappa shape index (κ3) is 6.29. The molecule has 176 valence electrons. The summed E-state index contributed by atoms with van der Waals surface area (Å²) in [4.78, 5) is 23.7. The average molecular weight is 463 g/mol. The number of methoxy groups -OCH3 is 2. The van der Waals surface area contributed by atoms with Gasteiger partial charge in [0, 0.05) is 31.3 Å². The zero-order valence-corrected chi connectivity index (χ0v) is 19.5. The number of carbonyl (C=O) groups excluding carboxylic acids is 2. The Kier molecular flexibility index (Phi) is 8.13. The maximum Gasteiger partial charge on any atom is 0.270 e. The molecule has 0 saturated heterocycles. The lowest BCUT2D eigenvalue weighted by molar-refractivity contribution is -0.114. The van der Waals surface area contributed by atoms with E-state index in [1.54, 1.807) is 69.8 Å². The lowest BCUT2D eigenvalue weighted by Crippen LogP contribution is -2.25. The van der Waals surface area contributed by atoms with E-state index in [0.29, 0.717) is 34.3 Å². The number of hydrogen-bond acceptors (Lipinski definition) is 6. The molecule has 3 rings (SSSR count). The van der Waals surface area contributed by atoms with Gasteiger partial charge in [0.25, 0.3) is 5.91 Å². The van der Waals surface area contributed by atoms with Crippen LogP contribution in [-0.2, 0) is 11.8 Å². The molecule has 34 heavy (non-hydrogen) atoms. The second-order valence-electron chi connectivity index (χ2n) is 7.14. The molecule has 3 aromatic rings. The number of aromatic nitrogens is 2. The Hall–Kier alpha value is -4.45. The van der Waals surface area contributed by atoms with Crippen LogP contribution in [0.2, 0.25) is 0 Å². The Morgan fingerprint density at radius 3 is 2.59 bits per heavy atom. The van der Waals surface area contributed by atoms with E-state index in [-0.39, 0.29) is 25.0 Å². The van der Waals surface area contributed by atoms with Crippen molar-refractivity contribution in [3.63, 3.8) is 0 Å². The summed E-state index contributed by atoms with van der Waals surface area (Å²) in [5.41, 5.74) is 2.33. The molecule has 2 amide bonds. The van der Waals surface area contributed by atoms with E-state index in [0.717, 1.165) is 5.56 Å². The van der Waals surface area contributed by atoms with E-state index >= 15 is 0 Å². The predicted octanol–water partition coefficient (Wildman–Crippen LogP) is 2.87. The van der Waals surface area contributed by atoms with Gasteiger partial charge in [0.05, 0.1) is 26.5 Å². The SMILES string of the molecule is COc1ccc(OC)c(-c2cc(C(=O)NCC#CCOc3cccc(NC(C)=O)c3)n(C)n2)c1. The average Bonchev–Trinajstić information content (AvgIpc) is 3.22. The van der Waals surface area contributed by atoms with Crippen LogP contribution < -0.4 is 24.8 Å². The van der Waals surface area contributed by atoms with Crippen LogP contribution in [0.1, 0.15) is 17.4 Å². The summed E-state index contributed by atoms with van der Waals surface area (Å²) in [6.07, 6.45) is 0. The fourth-order valence-corrected chi connectivity index (χ4v) is 3.14. The van der Waals surface area contributed by atoms with E-state index in [1.165, 1.54) is 11.6 Å². The standard InChI is InChI=1S/C25H26N4O5/c1-17(30)27-18-8-7-9-20(14-18)34-13-6-5-12-26-25(31)23-16-22(28-29(23)2)21-15-19(32-3)10-11-24(21)33-4/h7-11,14-16H,12-13H2,1-4H3,(H,26,31)(H,27,30). The minimum Gasteiger partial charge on any atom is -0.497 e. The molecule has 1 heterocycles. The zero-order valence-electron chi connectivity index (χ0n) is 19.5. The summed E-state index contributed by atoms with van der Waals surface area (Å²) in [7, 11) is 4.85. The third-order valence-corrected chi connectivity index (χ3v) is 4.72. The first-order valence-corrected chi connectivity index (χ1v) is 10.4. The number of ether oxygens (including phenoxy) is 3. The molecule has 9 heteroatoms. The summed E-state index contributed by atoms with van der Waals surface area (Å²) >= 11 is 0. The lowest BCUT2D eigenvalue weighted by Gasteiger charge is -2.08. The molecule has 2 aromatic carbocycles. The Morgan fingerprint density at radius 2 is 1.85 bits per heavy atom. The van der Waals surface area contributed by atoms with Crippen LogP contribution in [0.5, 0.6) is 17.2 Å². The molecular weight excluding hydrogens is 436 g/mol. The van der Waals surface area contributed by atoms with Crippen LogP contribution in [0.25, 0.3) is 11.3 Å². The molecule has 1 aromatic heterocycles. The highest BCUT2D eigenvalue weighted by atomic mass is 16.5. The summed E-state index contributed by atoms with van der Waals surface area (Å²) in [5.74, 6) is 7.10. The van der Waals surface area contributed by atoms with Crippen molar-refractivity contribution in [3.05, 3.63) is 54.2 Å². The first-order chi connectivity index (χ1) is 16.4. The van der Waals surface area contributed by atoms with Gasteiger partial charge < -0.3 is 24.8 Å². The smallest absolute Gasteiger partial charge is 0.270 e. The van der Waals surface area contributed by atoms with E-state index in [1.807, 2.05) is 0 Å². The summed E-state index contributed by atoms with van der Waals surface area (Å²) in [6.45, 7) is 1.73. The van der Waals surface area contributed by atoms with E-state index in [9.17, 15) is 9.59 Å².